The lowest BCUT2D eigenvalue weighted by molar-refractivity contribution is -0.914. The van der Waals surface area contributed by atoms with Crippen LogP contribution in [0.25, 0.3) is 0 Å². The van der Waals surface area contributed by atoms with Crippen LogP contribution in [0.4, 0.5) is 0 Å². The topological polar surface area (TPSA) is 119 Å². The van der Waals surface area contributed by atoms with Crippen LogP contribution in [0.3, 0.4) is 0 Å². The predicted octanol–water partition coefficient (Wildman–Crippen LogP) is 0.329. The number of piperidine rings is 1. The minimum absolute atomic E-state index is 0.159. The summed E-state index contributed by atoms with van der Waals surface area (Å²) in [5, 5.41) is 36.3. The van der Waals surface area contributed by atoms with Crippen molar-refractivity contribution in [3.63, 3.8) is 0 Å². The third kappa shape index (κ3) is 9.14. The number of aliphatic hydroxyl groups is 2. The van der Waals surface area contributed by atoms with E-state index in [-0.39, 0.29) is 18.6 Å². The highest BCUT2D eigenvalue weighted by atomic mass is 16.4. The van der Waals surface area contributed by atoms with Gasteiger partial charge in [-0.3, -0.25) is 4.79 Å². The quantitative estimate of drug-likeness (QED) is 0.204. The highest BCUT2D eigenvalue weighted by Gasteiger charge is 2.39. The van der Waals surface area contributed by atoms with Crippen LogP contribution in [-0.4, -0.2) is 84.1 Å². The molecule has 0 bridgehead atoms. The van der Waals surface area contributed by atoms with Gasteiger partial charge in [-0.15, -0.1) is 0 Å². The van der Waals surface area contributed by atoms with Gasteiger partial charge in [0.05, 0.1) is 30.4 Å². The lowest BCUT2D eigenvalue weighted by atomic mass is 9.87. The van der Waals surface area contributed by atoms with E-state index < -0.39 is 11.6 Å². The number of hydrogen-bond acceptors (Lipinski definition) is 6. The number of carboxylic acids is 1. The van der Waals surface area contributed by atoms with Gasteiger partial charge in [0.2, 0.25) is 0 Å². The predicted molar refractivity (Wildman–Crippen MR) is 123 cm³/mol. The molecule has 0 saturated carbocycles. The Balaban J connectivity index is 1.57. The molecule has 0 aliphatic carbocycles. The highest BCUT2D eigenvalue weighted by Crippen LogP contribution is 2.21. The van der Waals surface area contributed by atoms with Crippen LogP contribution in [0.2, 0.25) is 0 Å². The van der Waals surface area contributed by atoms with Crippen molar-refractivity contribution in [1.29, 1.82) is 0 Å². The lowest BCUT2D eigenvalue weighted by Gasteiger charge is -2.41. The fourth-order valence-corrected chi connectivity index (χ4v) is 5.18. The van der Waals surface area contributed by atoms with E-state index in [9.17, 15) is 15.0 Å². The average Bonchev–Trinajstić information content (AvgIpc) is 3.23. The zero-order valence-corrected chi connectivity index (χ0v) is 19.5. The number of aliphatic hydroxyl groups excluding tert-OH is 1. The fraction of sp³-hybridized carbons (Fsp3) is 0.913. The molecule has 2 aliphatic heterocycles. The second kappa shape index (κ2) is 13.5. The summed E-state index contributed by atoms with van der Waals surface area (Å²) in [5.41, 5.74) is -1.14. The van der Waals surface area contributed by atoms with Gasteiger partial charge in [-0.2, -0.15) is 0 Å². The number of carbonyl (C=O) groups is 1. The van der Waals surface area contributed by atoms with E-state index in [0.29, 0.717) is 25.0 Å². The Morgan fingerprint density at radius 1 is 1.23 bits per heavy atom. The van der Waals surface area contributed by atoms with Crippen molar-refractivity contribution in [3.05, 3.63) is 0 Å². The zero-order valence-electron chi connectivity index (χ0n) is 19.5. The van der Waals surface area contributed by atoms with Gasteiger partial charge in [-0.1, -0.05) is 44.9 Å². The van der Waals surface area contributed by atoms with Crippen LogP contribution >= 0.6 is 0 Å². The van der Waals surface area contributed by atoms with Crippen molar-refractivity contribution in [1.82, 2.24) is 10.6 Å². The molecule has 2 rings (SSSR count). The molecule has 1 unspecified atom stereocenters. The first-order valence-electron chi connectivity index (χ1n) is 12.2. The van der Waals surface area contributed by atoms with Gasteiger partial charge in [0, 0.05) is 19.0 Å². The smallest absolute Gasteiger partial charge is 0.306 e. The van der Waals surface area contributed by atoms with E-state index in [1.807, 2.05) is 6.21 Å². The molecule has 6 atom stereocenters. The van der Waals surface area contributed by atoms with Crippen LogP contribution in [-0.2, 0) is 4.79 Å². The standard InChI is InChI=1S/C23H44N4O4/c1-18-21(28)14-20(27-13-12-25-17-27)19(26-18)10-8-6-4-3-5-7-9-11-23(31,16-24-2)15-22(29)30/h12,18-21,24,26,28,31H,3-11,13-17H2,1-2H3,(H,29,30)/p+1/t18-,19+,20-,21+,23+/m0/s1. The molecule has 0 amide bonds. The van der Waals surface area contributed by atoms with E-state index in [1.54, 1.807) is 7.05 Å². The summed E-state index contributed by atoms with van der Waals surface area (Å²) in [6.45, 7) is 4.20. The molecule has 1 saturated heterocycles. The third-order valence-corrected chi connectivity index (χ3v) is 6.98. The molecule has 2 heterocycles. The summed E-state index contributed by atoms with van der Waals surface area (Å²) in [6.07, 6.45) is 11.9. The lowest BCUT2D eigenvalue weighted by Crippen LogP contribution is -3.16. The zero-order chi connectivity index (χ0) is 22.7. The van der Waals surface area contributed by atoms with Crippen LogP contribution in [0.15, 0.2) is 4.99 Å². The van der Waals surface area contributed by atoms with E-state index in [4.69, 9.17) is 5.11 Å². The number of aliphatic imine (C=N–C) groups is 1. The maximum Gasteiger partial charge on any atom is 0.306 e. The Morgan fingerprint density at radius 2 is 1.90 bits per heavy atom. The molecule has 0 aromatic rings. The average molecular weight is 442 g/mol. The first-order chi connectivity index (χ1) is 14.8. The Hall–Kier alpha value is -1.06. The Bertz CT molecular complexity index is 554. The summed E-state index contributed by atoms with van der Waals surface area (Å²) < 4.78 is 0. The number of quaternary nitrogens is 1. The normalized spacial score (nSPS) is 30.4. The summed E-state index contributed by atoms with van der Waals surface area (Å²) in [4.78, 5) is 16.8. The molecule has 0 aromatic heterocycles. The van der Waals surface area contributed by atoms with Crippen LogP contribution in [0, 0.1) is 0 Å². The second-order valence-corrected chi connectivity index (χ2v) is 9.70. The maximum atomic E-state index is 11.0. The molecule has 8 heteroatoms. The van der Waals surface area contributed by atoms with E-state index in [2.05, 4.69) is 22.5 Å². The third-order valence-electron chi connectivity index (χ3n) is 6.98. The Morgan fingerprint density at radius 3 is 2.52 bits per heavy atom. The molecule has 0 aromatic carbocycles. The van der Waals surface area contributed by atoms with Crippen molar-refractivity contribution in [2.24, 2.45) is 4.99 Å². The SMILES string of the molecule is CNC[C@@](O)(CCCCCCCCC[C@H]1N[C@@H](C)[C@H](O)C[C@@H]1[NH+]1CC=NC1)CC(=O)O. The van der Waals surface area contributed by atoms with Gasteiger partial charge in [-0.05, 0) is 26.8 Å². The van der Waals surface area contributed by atoms with Crippen LogP contribution in [0.5, 0.6) is 0 Å². The summed E-state index contributed by atoms with van der Waals surface area (Å²) in [7, 11) is 1.74. The summed E-state index contributed by atoms with van der Waals surface area (Å²) >= 11 is 0. The van der Waals surface area contributed by atoms with Gasteiger partial charge < -0.3 is 30.9 Å². The minimum atomic E-state index is -1.14. The van der Waals surface area contributed by atoms with Crippen molar-refractivity contribution >= 4 is 12.2 Å². The number of aliphatic carboxylic acids is 1. The van der Waals surface area contributed by atoms with Gasteiger partial charge in [0.1, 0.15) is 12.6 Å². The van der Waals surface area contributed by atoms with Crippen LogP contribution < -0.4 is 15.5 Å². The highest BCUT2D eigenvalue weighted by molar-refractivity contribution is 5.68. The van der Waals surface area contributed by atoms with Crippen LogP contribution in [0.1, 0.15) is 77.6 Å². The first kappa shape index (κ1) is 26.2. The van der Waals surface area contributed by atoms with Gasteiger partial charge in [0.15, 0.2) is 6.67 Å². The number of carboxylic acid groups (broad SMARTS) is 1. The monoisotopic (exact) mass is 441 g/mol. The Labute approximate surface area is 187 Å². The second-order valence-electron chi connectivity index (χ2n) is 9.70. The Kier molecular flexibility index (Phi) is 11.4. The summed E-state index contributed by atoms with van der Waals surface area (Å²) in [5.74, 6) is -0.949. The van der Waals surface area contributed by atoms with Gasteiger partial charge >= 0.3 is 5.97 Å². The molecule has 31 heavy (non-hydrogen) atoms. The molecular formula is C23H45N4O4+. The van der Waals surface area contributed by atoms with Gasteiger partial charge in [-0.25, -0.2) is 4.99 Å². The van der Waals surface area contributed by atoms with Crippen molar-refractivity contribution in [2.75, 3.05) is 26.8 Å². The van der Waals surface area contributed by atoms with Crippen molar-refractivity contribution < 1.29 is 25.0 Å². The molecule has 0 spiro atoms. The van der Waals surface area contributed by atoms with Crippen molar-refractivity contribution in [2.45, 2.75) is 107 Å². The maximum absolute atomic E-state index is 11.0. The molecule has 2 aliphatic rings. The molecular weight excluding hydrogens is 396 g/mol. The number of nitrogens with one attached hydrogen (secondary N) is 3. The molecule has 8 nitrogen and oxygen atoms in total. The number of nitrogens with zero attached hydrogens (tertiary/aromatic N) is 1. The van der Waals surface area contributed by atoms with E-state index in [1.165, 1.54) is 30.6 Å². The first-order valence-corrected chi connectivity index (χ1v) is 12.2. The fourth-order valence-electron chi connectivity index (χ4n) is 5.18. The minimum Gasteiger partial charge on any atom is -0.481 e. The molecule has 1 fully saturated rings. The molecule has 180 valence electrons. The summed E-state index contributed by atoms with van der Waals surface area (Å²) in [6, 6.07) is 1.05. The van der Waals surface area contributed by atoms with E-state index in [0.717, 1.165) is 45.3 Å². The number of unbranched alkanes of at least 4 members (excludes halogenated alkanes) is 6. The number of hydrogen-bond donors (Lipinski definition) is 6. The van der Waals surface area contributed by atoms with Crippen molar-refractivity contribution in [3.8, 4) is 0 Å². The number of likely N-dealkylation sites (N-methyl/N-ethyl adjacent to an activating group) is 1. The molecule has 6 N–H and O–H groups in total. The number of rotatable bonds is 15. The largest absolute Gasteiger partial charge is 0.481 e. The van der Waals surface area contributed by atoms with Gasteiger partial charge in [0.25, 0.3) is 0 Å². The molecule has 0 radical (unpaired) electrons. The van der Waals surface area contributed by atoms with E-state index >= 15 is 0 Å².